The minimum absolute atomic E-state index is 0.250. The summed E-state index contributed by atoms with van der Waals surface area (Å²) in [5.74, 6) is -0.185. The summed E-state index contributed by atoms with van der Waals surface area (Å²) in [6.45, 7) is 0. The lowest BCUT2D eigenvalue weighted by atomic mass is 9.95. The van der Waals surface area contributed by atoms with Gasteiger partial charge in [-0.1, -0.05) is 41.9 Å². The molecule has 150 valence electrons. The summed E-state index contributed by atoms with van der Waals surface area (Å²) in [6.07, 6.45) is 2.19. The lowest BCUT2D eigenvalue weighted by Crippen LogP contribution is -2.12. The highest BCUT2D eigenvalue weighted by molar-refractivity contribution is 6.34. The van der Waals surface area contributed by atoms with E-state index in [1.165, 1.54) is 0 Å². The van der Waals surface area contributed by atoms with Crippen LogP contribution < -0.4 is 11.1 Å². The number of oxazole rings is 1. The maximum atomic E-state index is 12.5. The first-order valence-corrected chi connectivity index (χ1v) is 10.2. The van der Waals surface area contributed by atoms with E-state index in [9.17, 15) is 9.59 Å². The van der Waals surface area contributed by atoms with Crippen LogP contribution in [0.2, 0.25) is 5.02 Å². The number of carbonyl (C=O) groups is 1. The van der Waals surface area contributed by atoms with Crippen molar-refractivity contribution in [3.63, 3.8) is 0 Å². The van der Waals surface area contributed by atoms with E-state index in [4.69, 9.17) is 16.0 Å². The molecule has 0 aliphatic heterocycles. The Bertz CT molecular complexity index is 1330. The minimum atomic E-state index is -0.346. The highest BCUT2D eigenvalue weighted by Gasteiger charge is 2.30. The first-order chi connectivity index (χ1) is 14.5. The van der Waals surface area contributed by atoms with Crippen LogP contribution in [0.5, 0.6) is 0 Å². The Kier molecular flexibility index (Phi) is 4.48. The number of halogens is 1. The molecule has 0 atom stereocenters. The minimum Gasteiger partial charge on any atom is -0.407 e. The Morgan fingerprint density at radius 1 is 1.07 bits per heavy atom. The van der Waals surface area contributed by atoms with Crippen LogP contribution in [0.3, 0.4) is 0 Å². The third-order valence-electron chi connectivity index (χ3n) is 5.56. The number of anilines is 1. The van der Waals surface area contributed by atoms with Crippen molar-refractivity contribution in [2.45, 2.75) is 18.8 Å². The summed E-state index contributed by atoms with van der Waals surface area (Å²) < 4.78 is 7.11. The van der Waals surface area contributed by atoms with Gasteiger partial charge in [-0.15, -0.1) is 0 Å². The number of amides is 1. The van der Waals surface area contributed by atoms with E-state index in [1.807, 2.05) is 36.4 Å². The fraction of sp³-hybridized carbons (Fsp3) is 0.167. The van der Waals surface area contributed by atoms with Gasteiger partial charge >= 0.3 is 5.76 Å². The van der Waals surface area contributed by atoms with Crippen LogP contribution in [0.15, 0.2) is 69.9 Å². The molecule has 1 aliphatic carbocycles. The molecule has 30 heavy (non-hydrogen) atoms. The normalized spacial score (nSPS) is 13.5. The molecule has 4 aromatic rings. The second-order valence-corrected chi connectivity index (χ2v) is 7.99. The monoisotopic (exact) mass is 418 g/mol. The third-order valence-corrected chi connectivity index (χ3v) is 5.89. The zero-order valence-electron chi connectivity index (χ0n) is 16.3. The van der Waals surface area contributed by atoms with Gasteiger partial charge in [0.1, 0.15) is 0 Å². The molecule has 1 heterocycles. The number of hydrogen-bond acceptors (Lipinski definition) is 3. The molecule has 1 amide bonds. The van der Waals surface area contributed by atoms with Gasteiger partial charge < -0.3 is 9.73 Å². The fourth-order valence-electron chi connectivity index (χ4n) is 3.82. The Hall–Kier alpha value is -3.31. The highest BCUT2D eigenvalue weighted by atomic mass is 35.5. The number of fused-ring (bicyclic) bond motifs is 1. The molecule has 1 aromatic heterocycles. The Morgan fingerprint density at radius 2 is 1.80 bits per heavy atom. The van der Waals surface area contributed by atoms with E-state index in [0.29, 0.717) is 27.8 Å². The van der Waals surface area contributed by atoms with E-state index < -0.39 is 0 Å². The molecular formula is C24H19ClN2O3. The van der Waals surface area contributed by atoms with Gasteiger partial charge in [0.25, 0.3) is 5.91 Å². The maximum Gasteiger partial charge on any atom is 0.419 e. The predicted molar refractivity (Wildman–Crippen MR) is 118 cm³/mol. The molecule has 5 rings (SSSR count). The highest BCUT2D eigenvalue weighted by Crippen LogP contribution is 2.47. The predicted octanol–water partition coefficient (Wildman–Crippen LogP) is 5.58. The van der Waals surface area contributed by atoms with Crippen LogP contribution in [-0.4, -0.2) is 10.5 Å². The van der Waals surface area contributed by atoms with Crippen molar-refractivity contribution >= 4 is 34.3 Å². The van der Waals surface area contributed by atoms with E-state index in [-0.39, 0.29) is 11.7 Å². The number of hydrogen-bond donors (Lipinski definition) is 1. The van der Waals surface area contributed by atoms with Gasteiger partial charge in [-0.25, -0.2) is 4.79 Å². The van der Waals surface area contributed by atoms with E-state index in [1.54, 1.807) is 35.9 Å². The number of nitrogens with zero attached hydrogens (tertiary/aromatic N) is 1. The molecule has 1 N–H and O–H groups in total. The summed E-state index contributed by atoms with van der Waals surface area (Å²) in [5.41, 5.74) is 5.78. The molecule has 0 saturated heterocycles. The molecule has 1 aliphatic rings. The second kappa shape index (κ2) is 7.18. The second-order valence-electron chi connectivity index (χ2n) is 7.59. The molecule has 0 bridgehead atoms. The third kappa shape index (κ3) is 3.21. The van der Waals surface area contributed by atoms with Crippen molar-refractivity contribution in [2.24, 2.45) is 7.05 Å². The number of benzene rings is 3. The Morgan fingerprint density at radius 3 is 2.50 bits per heavy atom. The summed E-state index contributed by atoms with van der Waals surface area (Å²) in [5, 5.41) is 3.30. The van der Waals surface area contributed by atoms with Gasteiger partial charge in [0.15, 0.2) is 5.58 Å². The lowest BCUT2D eigenvalue weighted by Gasteiger charge is -2.11. The standard InChI is InChI=1S/C24H19ClN2O3/c1-27-20-13-12-17(21(15-6-7-15)22(20)30-24(27)29)14-8-10-16(11-9-14)26-23(28)18-4-2-3-5-19(18)25/h2-5,8-13,15H,6-7H2,1H3,(H,26,28). The number of rotatable bonds is 4. The summed E-state index contributed by atoms with van der Waals surface area (Å²) >= 11 is 6.11. The average molecular weight is 419 g/mol. The summed E-state index contributed by atoms with van der Waals surface area (Å²) in [6, 6.07) is 18.6. The molecule has 6 heteroatoms. The van der Waals surface area contributed by atoms with E-state index in [0.717, 1.165) is 35.0 Å². The van der Waals surface area contributed by atoms with Gasteiger partial charge in [-0.2, -0.15) is 0 Å². The lowest BCUT2D eigenvalue weighted by molar-refractivity contribution is 0.102. The van der Waals surface area contributed by atoms with Crippen molar-refractivity contribution in [3.05, 3.63) is 87.4 Å². The van der Waals surface area contributed by atoms with Crippen LogP contribution >= 0.6 is 11.6 Å². The summed E-state index contributed by atoms with van der Waals surface area (Å²) in [4.78, 5) is 24.5. The van der Waals surface area contributed by atoms with Gasteiger partial charge in [0.05, 0.1) is 16.1 Å². The molecule has 1 fully saturated rings. The van der Waals surface area contributed by atoms with Gasteiger partial charge in [0, 0.05) is 18.3 Å². The van der Waals surface area contributed by atoms with Crippen molar-refractivity contribution in [3.8, 4) is 11.1 Å². The largest absolute Gasteiger partial charge is 0.419 e. The quantitative estimate of drug-likeness (QED) is 0.470. The van der Waals surface area contributed by atoms with Crippen LogP contribution in [0.25, 0.3) is 22.2 Å². The summed E-state index contributed by atoms with van der Waals surface area (Å²) in [7, 11) is 1.72. The molecule has 3 aromatic carbocycles. The molecule has 0 spiro atoms. The van der Waals surface area contributed by atoms with Gasteiger partial charge in [-0.05, 0) is 60.2 Å². The van der Waals surface area contributed by atoms with Crippen LogP contribution in [-0.2, 0) is 7.05 Å². The zero-order valence-corrected chi connectivity index (χ0v) is 17.1. The smallest absolute Gasteiger partial charge is 0.407 e. The topological polar surface area (TPSA) is 64.2 Å². The zero-order chi connectivity index (χ0) is 20.8. The first kappa shape index (κ1) is 18.7. The molecule has 1 saturated carbocycles. The van der Waals surface area contributed by atoms with Crippen LogP contribution in [0.1, 0.15) is 34.7 Å². The molecular weight excluding hydrogens is 400 g/mol. The number of carbonyl (C=O) groups excluding carboxylic acids is 1. The number of aromatic nitrogens is 1. The molecule has 5 nitrogen and oxygen atoms in total. The van der Waals surface area contributed by atoms with Crippen molar-refractivity contribution in [2.75, 3.05) is 5.32 Å². The Balaban J connectivity index is 1.48. The van der Waals surface area contributed by atoms with E-state index in [2.05, 4.69) is 5.32 Å². The molecule has 0 unspecified atom stereocenters. The first-order valence-electron chi connectivity index (χ1n) is 9.81. The average Bonchev–Trinajstić information content (AvgIpc) is 3.54. The van der Waals surface area contributed by atoms with Crippen LogP contribution in [0, 0.1) is 0 Å². The number of aryl methyl sites for hydroxylation is 1. The van der Waals surface area contributed by atoms with Gasteiger partial charge in [0.2, 0.25) is 0 Å². The SMILES string of the molecule is Cn1c(=O)oc2c(C3CC3)c(-c3ccc(NC(=O)c4ccccc4Cl)cc3)ccc21. The molecule has 0 radical (unpaired) electrons. The fourth-order valence-corrected chi connectivity index (χ4v) is 4.04. The van der Waals surface area contributed by atoms with E-state index >= 15 is 0 Å². The van der Waals surface area contributed by atoms with Crippen molar-refractivity contribution < 1.29 is 9.21 Å². The van der Waals surface area contributed by atoms with Gasteiger partial charge in [-0.3, -0.25) is 9.36 Å². The van der Waals surface area contributed by atoms with Crippen molar-refractivity contribution in [1.82, 2.24) is 4.57 Å². The van der Waals surface area contributed by atoms with Crippen molar-refractivity contribution in [1.29, 1.82) is 0 Å². The maximum absolute atomic E-state index is 12.5. The Labute approximate surface area is 177 Å². The number of nitrogens with one attached hydrogen (secondary N) is 1. The van der Waals surface area contributed by atoms with Crippen LogP contribution in [0.4, 0.5) is 5.69 Å².